The van der Waals surface area contributed by atoms with E-state index in [0.29, 0.717) is 5.03 Å². The van der Waals surface area contributed by atoms with Crippen LogP contribution in [0.5, 0.6) is 0 Å². The van der Waals surface area contributed by atoms with Crippen molar-refractivity contribution in [3.63, 3.8) is 0 Å². The molecule has 1 aromatic heterocycles. The van der Waals surface area contributed by atoms with Crippen molar-refractivity contribution >= 4 is 52.3 Å². The van der Waals surface area contributed by atoms with Gasteiger partial charge in [-0.3, -0.25) is 4.79 Å². The molecule has 3 nitrogen and oxygen atoms in total. The molecular weight excluding hydrogens is 294 g/mol. The van der Waals surface area contributed by atoms with Crippen LogP contribution in [0.4, 0.5) is 0 Å². The Kier molecular flexibility index (Phi) is 4.87. The molecule has 0 saturated carbocycles. The number of nitrogens with zero attached hydrogens (tertiary/aromatic N) is 1. The average molecular weight is 300 g/mol. The lowest BCUT2D eigenvalue weighted by molar-refractivity contribution is 0.0953. The zero-order valence-corrected chi connectivity index (χ0v) is 10.9. The first-order chi connectivity index (χ1) is 7.43. The van der Waals surface area contributed by atoms with Gasteiger partial charge in [-0.1, -0.05) is 53.0 Å². The molecule has 16 heavy (non-hydrogen) atoms. The molecule has 1 heterocycles. The highest BCUT2D eigenvalue weighted by molar-refractivity contribution is 6.48. The number of hydrogen-bond donors (Lipinski definition) is 1. The normalized spacial score (nSPS) is 10.0. The molecule has 1 N–H and O–H groups in total. The van der Waals surface area contributed by atoms with Crippen molar-refractivity contribution in [1.29, 1.82) is 0 Å². The lowest BCUT2D eigenvalue weighted by atomic mass is 10.3. The van der Waals surface area contributed by atoms with Crippen molar-refractivity contribution < 1.29 is 4.79 Å². The van der Waals surface area contributed by atoms with Gasteiger partial charge >= 0.3 is 0 Å². The topological polar surface area (TPSA) is 42.0 Å². The largest absolute Gasteiger partial charge is 0.346 e. The van der Waals surface area contributed by atoms with Crippen LogP contribution in [0.3, 0.4) is 0 Å². The zero-order valence-electron chi connectivity index (χ0n) is 7.86. The van der Waals surface area contributed by atoms with Crippen molar-refractivity contribution in [2.75, 3.05) is 6.54 Å². The van der Waals surface area contributed by atoms with Gasteiger partial charge in [-0.25, -0.2) is 4.98 Å². The van der Waals surface area contributed by atoms with Crippen molar-refractivity contribution in [3.05, 3.63) is 38.6 Å². The van der Waals surface area contributed by atoms with Gasteiger partial charge in [0.2, 0.25) is 0 Å². The fourth-order valence-corrected chi connectivity index (χ4v) is 1.49. The molecule has 1 amide bonds. The summed E-state index contributed by atoms with van der Waals surface area (Å²) >= 11 is 22.7. The summed E-state index contributed by atoms with van der Waals surface area (Å²) in [5.41, 5.74) is -0.00557. The van der Waals surface area contributed by atoms with E-state index >= 15 is 0 Å². The molecule has 0 saturated heterocycles. The van der Waals surface area contributed by atoms with Crippen LogP contribution in [0.15, 0.2) is 17.8 Å². The van der Waals surface area contributed by atoms with Crippen LogP contribution in [0, 0.1) is 0 Å². The number of halogens is 4. The van der Waals surface area contributed by atoms with E-state index in [2.05, 4.69) is 16.9 Å². The third-order valence-electron chi connectivity index (χ3n) is 1.57. The average Bonchev–Trinajstić information content (AvgIpc) is 2.23. The molecule has 0 aromatic carbocycles. The Morgan fingerprint density at radius 1 is 1.38 bits per heavy atom. The number of aromatic nitrogens is 1. The molecule has 0 spiro atoms. The minimum absolute atomic E-state index is 0.00557. The van der Waals surface area contributed by atoms with Gasteiger partial charge in [-0.2, -0.15) is 0 Å². The number of pyridine rings is 1. The van der Waals surface area contributed by atoms with E-state index in [0.717, 1.165) is 0 Å². The molecule has 7 heteroatoms. The molecule has 0 atom stereocenters. The molecule has 86 valence electrons. The second kappa shape index (κ2) is 5.73. The fraction of sp³-hybridized carbons (Fsp3) is 0.111. The summed E-state index contributed by atoms with van der Waals surface area (Å²) in [4.78, 5) is 15.4. The minimum atomic E-state index is -0.495. The SMILES string of the molecule is C=C(Cl)CNC(=O)c1ncc(Cl)c(Cl)c1Cl. The van der Waals surface area contributed by atoms with E-state index in [1.54, 1.807) is 0 Å². The summed E-state index contributed by atoms with van der Waals surface area (Å²) in [7, 11) is 0. The monoisotopic (exact) mass is 298 g/mol. The summed E-state index contributed by atoms with van der Waals surface area (Å²) < 4.78 is 0. The minimum Gasteiger partial charge on any atom is -0.346 e. The predicted octanol–water partition coefficient (Wildman–Crippen LogP) is 3.52. The molecule has 0 unspecified atom stereocenters. The van der Waals surface area contributed by atoms with E-state index in [4.69, 9.17) is 46.4 Å². The van der Waals surface area contributed by atoms with Crippen molar-refractivity contribution in [2.45, 2.75) is 0 Å². The maximum atomic E-state index is 11.6. The molecule has 0 fully saturated rings. The zero-order chi connectivity index (χ0) is 12.3. The Hall–Kier alpha value is -0.480. The first-order valence-electron chi connectivity index (χ1n) is 4.04. The molecule has 0 aliphatic carbocycles. The Bertz CT molecular complexity index is 447. The first-order valence-corrected chi connectivity index (χ1v) is 5.55. The number of carbonyl (C=O) groups is 1. The summed E-state index contributed by atoms with van der Waals surface area (Å²) in [5.74, 6) is -0.495. The first kappa shape index (κ1) is 13.6. The highest BCUT2D eigenvalue weighted by atomic mass is 35.5. The molecule has 0 aliphatic heterocycles. The van der Waals surface area contributed by atoms with Gasteiger partial charge in [0.05, 0.1) is 21.6 Å². The van der Waals surface area contributed by atoms with Gasteiger partial charge in [-0.05, 0) is 0 Å². The summed E-state index contributed by atoms with van der Waals surface area (Å²) in [6.45, 7) is 3.55. The smallest absolute Gasteiger partial charge is 0.271 e. The molecule has 0 radical (unpaired) electrons. The Labute approximate surface area is 112 Å². The van der Waals surface area contributed by atoms with Crippen LogP contribution < -0.4 is 5.32 Å². The fourth-order valence-electron chi connectivity index (χ4n) is 0.862. The number of amides is 1. The van der Waals surface area contributed by atoms with Crippen LogP contribution in [-0.4, -0.2) is 17.4 Å². The van der Waals surface area contributed by atoms with Crippen LogP contribution in [-0.2, 0) is 0 Å². The molecule has 0 aliphatic rings. The van der Waals surface area contributed by atoms with Crippen molar-refractivity contribution in [3.8, 4) is 0 Å². The standard InChI is InChI=1S/C9H6Cl4N2O/c1-4(10)2-15-9(16)8-7(13)6(12)5(11)3-14-8/h3H,1-2H2,(H,15,16). The molecular formula is C9H6Cl4N2O. The van der Waals surface area contributed by atoms with Crippen LogP contribution in [0.1, 0.15) is 10.5 Å². The van der Waals surface area contributed by atoms with E-state index in [1.807, 2.05) is 0 Å². The van der Waals surface area contributed by atoms with E-state index in [-0.39, 0.29) is 27.3 Å². The predicted molar refractivity (Wildman–Crippen MR) is 66.6 cm³/mol. The van der Waals surface area contributed by atoms with Crippen molar-refractivity contribution in [1.82, 2.24) is 10.3 Å². The second-order valence-electron chi connectivity index (χ2n) is 2.78. The molecule has 1 aromatic rings. The van der Waals surface area contributed by atoms with E-state index in [9.17, 15) is 4.79 Å². The number of carbonyl (C=O) groups excluding carboxylic acids is 1. The van der Waals surface area contributed by atoms with E-state index < -0.39 is 5.91 Å². The molecule has 0 bridgehead atoms. The summed E-state index contributed by atoms with van der Waals surface area (Å²) in [6.07, 6.45) is 1.25. The maximum Gasteiger partial charge on any atom is 0.271 e. The van der Waals surface area contributed by atoms with Crippen LogP contribution >= 0.6 is 46.4 Å². The highest BCUT2D eigenvalue weighted by Gasteiger charge is 2.16. The van der Waals surface area contributed by atoms with Gasteiger partial charge < -0.3 is 5.32 Å². The van der Waals surface area contributed by atoms with E-state index in [1.165, 1.54) is 6.20 Å². The van der Waals surface area contributed by atoms with Crippen LogP contribution in [0.2, 0.25) is 15.1 Å². The number of rotatable bonds is 3. The third kappa shape index (κ3) is 3.25. The number of hydrogen-bond acceptors (Lipinski definition) is 2. The van der Waals surface area contributed by atoms with Gasteiger partial charge in [-0.15, -0.1) is 0 Å². The summed E-state index contributed by atoms with van der Waals surface area (Å²) in [6, 6.07) is 0. The third-order valence-corrected chi connectivity index (χ3v) is 2.95. The van der Waals surface area contributed by atoms with Crippen molar-refractivity contribution in [2.24, 2.45) is 0 Å². The Morgan fingerprint density at radius 3 is 2.56 bits per heavy atom. The molecule has 1 rings (SSSR count). The van der Waals surface area contributed by atoms with Gasteiger partial charge in [0.1, 0.15) is 5.69 Å². The lowest BCUT2D eigenvalue weighted by Crippen LogP contribution is -2.25. The van der Waals surface area contributed by atoms with Gasteiger partial charge in [0.15, 0.2) is 0 Å². The Balaban J connectivity index is 2.92. The number of nitrogens with one attached hydrogen (secondary N) is 1. The summed E-state index contributed by atoms with van der Waals surface area (Å²) in [5, 5.41) is 3.05. The van der Waals surface area contributed by atoms with Gasteiger partial charge in [0.25, 0.3) is 5.91 Å². The second-order valence-corrected chi connectivity index (χ2v) is 4.48. The lowest BCUT2D eigenvalue weighted by Gasteiger charge is -2.06. The highest BCUT2D eigenvalue weighted by Crippen LogP contribution is 2.30. The van der Waals surface area contributed by atoms with Gasteiger partial charge in [0, 0.05) is 11.2 Å². The van der Waals surface area contributed by atoms with Crippen LogP contribution in [0.25, 0.3) is 0 Å². The maximum absolute atomic E-state index is 11.6. The Morgan fingerprint density at radius 2 is 2.00 bits per heavy atom. The quantitative estimate of drug-likeness (QED) is 0.928.